The van der Waals surface area contributed by atoms with Gasteiger partial charge in [0.05, 0.1) is 6.61 Å². The van der Waals surface area contributed by atoms with E-state index in [4.69, 9.17) is 10.5 Å². The van der Waals surface area contributed by atoms with Gasteiger partial charge in [0.2, 0.25) is 0 Å². The SMILES string of the molecule is CCOC(=O)C(C)=Cc1ccc(Cc2cccnc2N)cc1.Cl.Cl. The number of carbonyl (C=O) groups excluding carboxylic acids is 1. The van der Waals surface area contributed by atoms with Crippen molar-refractivity contribution in [2.45, 2.75) is 20.3 Å². The summed E-state index contributed by atoms with van der Waals surface area (Å²) < 4.78 is 4.96. The zero-order valence-electron chi connectivity index (χ0n) is 13.7. The quantitative estimate of drug-likeness (QED) is 0.638. The molecule has 4 nitrogen and oxygen atoms in total. The minimum absolute atomic E-state index is 0. The summed E-state index contributed by atoms with van der Waals surface area (Å²) in [7, 11) is 0. The van der Waals surface area contributed by atoms with E-state index in [1.807, 2.05) is 42.5 Å². The van der Waals surface area contributed by atoms with Crippen LogP contribution in [0.25, 0.3) is 6.08 Å². The Labute approximate surface area is 154 Å². The maximum Gasteiger partial charge on any atom is 0.333 e. The van der Waals surface area contributed by atoms with Crippen LogP contribution in [0, 0.1) is 0 Å². The van der Waals surface area contributed by atoms with Crippen LogP contribution < -0.4 is 5.73 Å². The van der Waals surface area contributed by atoms with E-state index in [9.17, 15) is 4.79 Å². The molecule has 0 fully saturated rings. The van der Waals surface area contributed by atoms with Crippen LogP contribution in [0.15, 0.2) is 48.2 Å². The molecule has 0 spiro atoms. The predicted molar refractivity (Wildman–Crippen MR) is 103 cm³/mol. The number of nitrogens with two attached hydrogens (primary N) is 1. The second-order valence-corrected chi connectivity index (χ2v) is 5.01. The summed E-state index contributed by atoms with van der Waals surface area (Å²) in [6, 6.07) is 11.9. The molecule has 1 aromatic heterocycles. The normalized spacial score (nSPS) is 10.3. The molecule has 2 aromatic rings. The fourth-order valence-corrected chi connectivity index (χ4v) is 2.11. The molecule has 24 heavy (non-hydrogen) atoms. The largest absolute Gasteiger partial charge is 0.463 e. The molecule has 0 amide bonds. The second-order valence-electron chi connectivity index (χ2n) is 5.01. The Morgan fingerprint density at radius 2 is 1.88 bits per heavy atom. The van der Waals surface area contributed by atoms with Crippen LogP contribution >= 0.6 is 24.8 Å². The highest BCUT2D eigenvalue weighted by molar-refractivity contribution is 5.92. The summed E-state index contributed by atoms with van der Waals surface area (Å²) in [5.41, 5.74) is 9.56. The standard InChI is InChI=1S/C18H20N2O2.2ClH/c1-3-22-18(21)13(2)11-14-6-8-15(9-7-14)12-16-5-4-10-20-17(16)19;;/h4-11H,3,12H2,1-2H3,(H2,19,20);2*1H. The van der Waals surface area contributed by atoms with Crippen molar-refractivity contribution in [3.63, 3.8) is 0 Å². The molecule has 0 saturated carbocycles. The summed E-state index contributed by atoms with van der Waals surface area (Å²) in [6.45, 7) is 3.93. The third-order valence-corrected chi connectivity index (χ3v) is 3.28. The lowest BCUT2D eigenvalue weighted by Crippen LogP contribution is -2.04. The fourth-order valence-electron chi connectivity index (χ4n) is 2.11. The molecule has 0 aliphatic heterocycles. The molecule has 2 rings (SSSR count). The van der Waals surface area contributed by atoms with Crippen LogP contribution in [0.5, 0.6) is 0 Å². The first kappa shape index (κ1) is 22.0. The van der Waals surface area contributed by atoms with Gasteiger partial charge < -0.3 is 10.5 Å². The maximum absolute atomic E-state index is 11.6. The molecule has 0 radical (unpaired) electrons. The van der Waals surface area contributed by atoms with Gasteiger partial charge in [-0.15, -0.1) is 24.8 Å². The number of hydrogen-bond acceptors (Lipinski definition) is 4. The number of pyridine rings is 1. The smallest absolute Gasteiger partial charge is 0.333 e. The van der Waals surface area contributed by atoms with Gasteiger partial charge in [-0.3, -0.25) is 0 Å². The van der Waals surface area contributed by atoms with Crippen LogP contribution in [-0.4, -0.2) is 17.6 Å². The van der Waals surface area contributed by atoms with Crippen molar-refractivity contribution in [2.75, 3.05) is 12.3 Å². The van der Waals surface area contributed by atoms with Crippen molar-refractivity contribution in [1.82, 2.24) is 4.98 Å². The van der Waals surface area contributed by atoms with Crippen LogP contribution in [0.1, 0.15) is 30.5 Å². The molecule has 0 bridgehead atoms. The number of hydrogen-bond donors (Lipinski definition) is 1. The van der Waals surface area contributed by atoms with E-state index < -0.39 is 0 Å². The molecule has 6 heteroatoms. The number of benzene rings is 1. The first-order chi connectivity index (χ1) is 10.6. The van der Waals surface area contributed by atoms with E-state index in [0.717, 1.165) is 23.1 Å². The van der Waals surface area contributed by atoms with Crippen molar-refractivity contribution in [2.24, 2.45) is 0 Å². The third kappa shape index (κ3) is 6.22. The molecule has 1 heterocycles. The van der Waals surface area contributed by atoms with E-state index in [2.05, 4.69) is 4.98 Å². The molecule has 0 aliphatic carbocycles. The highest BCUT2D eigenvalue weighted by atomic mass is 35.5. The predicted octanol–water partition coefficient (Wildman–Crippen LogP) is 4.06. The van der Waals surface area contributed by atoms with Gasteiger partial charge in [-0.25, -0.2) is 9.78 Å². The van der Waals surface area contributed by atoms with Gasteiger partial charge in [-0.1, -0.05) is 30.3 Å². The third-order valence-electron chi connectivity index (χ3n) is 3.28. The van der Waals surface area contributed by atoms with Gasteiger partial charge in [-0.05, 0) is 42.7 Å². The number of nitrogens with zero attached hydrogens (tertiary/aromatic N) is 1. The highest BCUT2D eigenvalue weighted by Crippen LogP contribution is 2.16. The average molecular weight is 369 g/mol. The van der Waals surface area contributed by atoms with E-state index in [1.54, 1.807) is 20.0 Å². The molecule has 0 atom stereocenters. The van der Waals surface area contributed by atoms with Crippen LogP contribution in [0.3, 0.4) is 0 Å². The van der Waals surface area contributed by atoms with Gasteiger partial charge in [0.25, 0.3) is 0 Å². The van der Waals surface area contributed by atoms with Crippen LogP contribution in [-0.2, 0) is 16.0 Å². The fraction of sp³-hybridized carbons (Fsp3) is 0.222. The van der Waals surface area contributed by atoms with Crippen LogP contribution in [0.4, 0.5) is 5.82 Å². The number of esters is 1. The van der Waals surface area contributed by atoms with Gasteiger partial charge in [0, 0.05) is 18.2 Å². The van der Waals surface area contributed by atoms with Crippen molar-refractivity contribution < 1.29 is 9.53 Å². The Balaban J connectivity index is 0.00000264. The Bertz CT molecular complexity index is 686. The Hall–Kier alpha value is -2.04. The molecule has 130 valence electrons. The van der Waals surface area contributed by atoms with E-state index in [0.29, 0.717) is 18.0 Å². The summed E-state index contributed by atoms with van der Waals surface area (Å²) in [6.07, 6.45) is 4.24. The van der Waals surface area contributed by atoms with Gasteiger partial charge >= 0.3 is 5.97 Å². The minimum atomic E-state index is -0.283. The molecular formula is C18H22Cl2N2O2. The second kappa shape index (κ2) is 10.7. The first-order valence-corrected chi connectivity index (χ1v) is 7.24. The molecule has 0 unspecified atom stereocenters. The van der Waals surface area contributed by atoms with Crippen molar-refractivity contribution in [3.8, 4) is 0 Å². The summed E-state index contributed by atoms with van der Waals surface area (Å²) in [5, 5.41) is 0. The van der Waals surface area contributed by atoms with Gasteiger partial charge in [0.1, 0.15) is 5.82 Å². The lowest BCUT2D eigenvalue weighted by Gasteiger charge is -2.05. The first-order valence-electron chi connectivity index (χ1n) is 7.24. The van der Waals surface area contributed by atoms with E-state index in [-0.39, 0.29) is 30.8 Å². The summed E-state index contributed by atoms with van der Waals surface area (Å²) in [5.74, 6) is 0.277. The highest BCUT2D eigenvalue weighted by Gasteiger charge is 2.05. The number of halogens is 2. The maximum atomic E-state index is 11.6. The number of rotatable bonds is 5. The Morgan fingerprint density at radius 3 is 2.46 bits per heavy atom. The molecule has 0 saturated heterocycles. The van der Waals surface area contributed by atoms with E-state index >= 15 is 0 Å². The summed E-state index contributed by atoms with van der Waals surface area (Å²) >= 11 is 0. The lowest BCUT2D eigenvalue weighted by atomic mass is 10.0. The van der Waals surface area contributed by atoms with E-state index in [1.165, 1.54) is 0 Å². The summed E-state index contributed by atoms with van der Waals surface area (Å²) in [4.78, 5) is 15.7. The molecular weight excluding hydrogens is 347 g/mol. The average Bonchev–Trinajstić information content (AvgIpc) is 2.51. The minimum Gasteiger partial charge on any atom is -0.463 e. The monoisotopic (exact) mass is 368 g/mol. The molecule has 0 aliphatic rings. The van der Waals surface area contributed by atoms with Gasteiger partial charge in [-0.2, -0.15) is 0 Å². The topological polar surface area (TPSA) is 65.2 Å². The number of ether oxygens (including phenoxy) is 1. The van der Waals surface area contributed by atoms with Crippen molar-refractivity contribution >= 4 is 42.7 Å². The number of nitrogen functional groups attached to an aromatic ring is 1. The van der Waals surface area contributed by atoms with Crippen molar-refractivity contribution in [3.05, 3.63) is 64.9 Å². The Kier molecular flexibility index (Phi) is 9.77. The number of anilines is 1. The molecule has 1 aromatic carbocycles. The zero-order chi connectivity index (χ0) is 15.9. The number of aromatic nitrogens is 1. The zero-order valence-corrected chi connectivity index (χ0v) is 15.3. The van der Waals surface area contributed by atoms with Gasteiger partial charge in [0.15, 0.2) is 0 Å². The Morgan fingerprint density at radius 1 is 1.21 bits per heavy atom. The van der Waals surface area contributed by atoms with Crippen molar-refractivity contribution in [1.29, 1.82) is 0 Å². The molecule has 2 N–H and O–H groups in total. The van der Waals surface area contributed by atoms with Crippen LogP contribution in [0.2, 0.25) is 0 Å². The number of carbonyl (C=O) groups is 1. The lowest BCUT2D eigenvalue weighted by molar-refractivity contribution is -0.138.